The smallest absolute Gasteiger partial charge is 0.0770 e. The van der Waals surface area contributed by atoms with Gasteiger partial charge in [0.15, 0.2) is 0 Å². The molecule has 94 valence electrons. The molecule has 2 nitrogen and oxygen atoms in total. The summed E-state index contributed by atoms with van der Waals surface area (Å²) in [6.45, 7) is 8.39. The van der Waals surface area contributed by atoms with Crippen LogP contribution in [0.1, 0.15) is 42.5 Å². The van der Waals surface area contributed by atoms with E-state index >= 15 is 0 Å². The fourth-order valence-electron chi connectivity index (χ4n) is 2.51. The molecule has 2 unspecified atom stereocenters. The number of hydrogen-bond acceptors (Lipinski definition) is 2. The Morgan fingerprint density at radius 1 is 1.35 bits per heavy atom. The number of rotatable bonds is 4. The fourth-order valence-corrected chi connectivity index (χ4v) is 2.51. The Morgan fingerprint density at radius 3 is 2.76 bits per heavy atom. The van der Waals surface area contributed by atoms with Crippen molar-refractivity contribution in [1.82, 2.24) is 5.32 Å². The van der Waals surface area contributed by atoms with Crippen molar-refractivity contribution in [3.8, 4) is 0 Å². The van der Waals surface area contributed by atoms with Crippen LogP contribution >= 0.6 is 0 Å². The Morgan fingerprint density at radius 2 is 2.18 bits per heavy atom. The van der Waals surface area contributed by atoms with E-state index in [1.54, 1.807) is 0 Å². The van der Waals surface area contributed by atoms with Crippen molar-refractivity contribution < 1.29 is 4.74 Å². The second-order valence-electron chi connectivity index (χ2n) is 4.93. The SMILES string of the molecule is CCNC(c1ccc(C)c(C)c1)C1CCCO1. The van der Waals surface area contributed by atoms with Crippen LogP contribution in [0.15, 0.2) is 18.2 Å². The van der Waals surface area contributed by atoms with Gasteiger partial charge in [0.05, 0.1) is 12.1 Å². The van der Waals surface area contributed by atoms with Gasteiger partial charge >= 0.3 is 0 Å². The first-order valence-corrected chi connectivity index (χ1v) is 6.64. The largest absolute Gasteiger partial charge is 0.376 e. The summed E-state index contributed by atoms with van der Waals surface area (Å²) in [6, 6.07) is 7.09. The molecule has 0 radical (unpaired) electrons. The number of benzene rings is 1. The van der Waals surface area contributed by atoms with Gasteiger partial charge in [-0.1, -0.05) is 25.1 Å². The van der Waals surface area contributed by atoms with Crippen molar-refractivity contribution >= 4 is 0 Å². The molecule has 2 heteroatoms. The van der Waals surface area contributed by atoms with Crippen molar-refractivity contribution in [2.75, 3.05) is 13.2 Å². The Bertz CT molecular complexity index is 369. The minimum absolute atomic E-state index is 0.344. The van der Waals surface area contributed by atoms with Crippen LogP contribution in [0.3, 0.4) is 0 Å². The molecule has 1 aromatic carbocycles. The molecule has 1 aliphatic rings. The Kier molecular flexibility index (Phi) is 4.19. The van der Waals surface area contributed by atoms with E-state index in [4.69, 9.17) is 4.74 Å². The summed E-state index contributed by atoms with van der Waals surface area (Å²) in [6.07, 6.45) is 2.71. The summed E-state index contributed by atoms with van der Waals surface area (Å²) in [5, 5.41) is 3.56. The van der Waals surface area contributed by atoms with Crippen molar-refractivity contribution in [2.24, 2.45) is 0 Å². The van der Waals surface area contributed by atoms with Crippen LogP contribution in [0.25, 0.3) is 0 Å². The quantitative estimate of drug-likeness (QED) is 0.862. The standard InChI is InChI=1S/C15H23NO/c1-4-16-15(14-6-5-9-17-14)13-8-7-11(2)12(3)10-13/h7-8,10,14-16H,4-6,9H2,1-3H3. The van der Waals surface area contributed by atoms with Gasteiger partial charge < -0.3 is 10.1 Å². The third-order valence-electron chi connectivity index (χ3n) is 3.65. The average molecular weight is 233 g/mol. The highest BCUT2D eigenvalue weighted by Crippen LogP contribution is 2.27. The molecule has 17 heavy (non-hydrogen) atoms. The van der Waals surface area contributed by atoms with E-state index in [1.165, 1.54) is 29.5 Å². The lowest BCUT2D eigenvalue weighted by Crippen LogP contribution is -2.31. The lowest BCUT2D eigenvalue weighted by atomic mass is 9.96. The highest BCUT2D eigenvalue weighted by atomic mass is 16.5. The molecule has 1 saturated heterocycles. The van der Waals surface area contributed by atoms with Crippen LogP contribution in [0, 0.1) is 13.8 Å². The minimum atomic E-state index is 0.344. The van der Waals surface area contributed by atoms with Crippen LogP contribution in [0.5, 0.6) is 0 Å². The number of hydrogen-bond donors (Lipinski definition) is 1. The summed E-state index contributed by atoms with van der Waals surface area (Å²) in [7, 11) is 0. The fraction of sp³-hybridized carbons (Fsp3) is 0.600. The van der Waals surface area contributed by atoms with E-state index in [2.05, 4.69) is 44.3 Å². The van der Waals surface area contributed by atoms with E-state index in [-0.39, 0.29) is 0 Å². The predicted octanol–water partition coefficient (Wildman–Crippen LogP) is 3.13. The number of nitrogens with one attached hydrogen (secondary N) is 1. The molecule has 1 heterocycles. The molecule has 1 fully saturated rings. The average Bonchev–Trinajstić information content (AvgIpc) is 2.83. The van der Waals surface area contributed by atoms with Gasteiger partial charge in [0.2, 0.25) is 0 Å². The van der Waals surface area contributed by atoms with Gasteiger partial charge in [-0.15, -0.1) is 0 Å². The lowest BCUT2D eigenvalue weighted by molar-refractivity contribution is 0.0788. The van der Waals surface area contributed by atoms with Crippen LogP contribution in [-0.2, 0) is 4.74 Å². The maximum Gasteiger partial charge on any atom is 0.0770 e. The third-order valence-corrected chi connectivity index (χ3v) is 3.65. The van der Waals surface area contributed by atoms with Crippen LogP contribution in [-0.4, -0.2) is 19.3 Å². The molecule has 2 atom stereocenters. The molecule has 1 aromatic rings. The topological polar surface area (TPSA) is 21.3 Å². The normalized spacial score (nSPS) is 21.7. The molecule has 0 bridgehead atoms. The Labute approximate surface area is 104 Å². The van der Waals surface area contributed by atoms with E-state index < -0.39 is 0 Å². The van der Waals surface area contributed by atoms with E-state index in [1.807, 2.05) is 0 Å². The van der Waals surface area contributed by atoms with Gasteiger partial charge in [-0.25, -0.2) is 0 Å². The zero-order valence-corrected chi connectivity index (χ0v) is 11.1. The predicted molar refractivity (Wildman–Crippen MR) is 71.3 cm³/mol. The van der Waals surface area contributed by atoms with Gasteiger partial charge in [-0.3, -0.25) is 0 Å². The molecule has 0 aliphatic carbocycles. The van der Waals surface area contributed by atoms with E-state index in [0.717, 1.165) is 13.2 Å². The Balaban J connectivity index is 2.21. The van der Waals surface area contributed by atoms with Crippen LogP contribution in [0.2, 0.25) is 0 Å². The van der Waals surface area contributed by atoms with E-state index in [0.29, 0.717) is 12.1 Å². The molecule has 0 aromatic heterocycles. The molecule has 1 N–H and O–H groups in total. The molecule has 0 amide bonds. The van der Waals surface area contributed by atoms with Crippen molar-refractivity contribution in [3.05, 3.63) is 34.9 Å². The number of ether oxygens (including phenoxy) is 1. The molecule has 1 aliphatic heterocycles. The molecular weight excluding hydrogens is 210 g/mol. The Hall–Kier alpha value is -0.860. The maximum atomic E-state index is 5.83. The van der Waals surface area contributed by atoms with Crippen molar-refractivity contribution in [1.29, 1.82) is 0 Å². The van der Waals surface area contributed by atoms with Gasteiger partial charge in [0, 0.05) is 6.61 Å². The number of likely N-dealkylation sites (N-methyl/N-ethyl adjacent to an activating group) is 1. The van der Waals surface area contributed by atoms with Gasteiger partial charge in [-0.05, 0) is 49.9 Å². The first-order valence-electron chi connectivity index (χ1n) is 6.64. The summed E-state index contributed by atoms with van der Waals surface area (Å²) >= 11 is 0. The van der Waals surface area contributed by atoms with Crippen molar-refractivity contribution in [2.45, 2.75) is 45.8 Å². The lowest BCUT2D eigenvalue weighted by Gasteiger charge is -2.25. The van der Waals surface area contributed by atoms with Gasteiger partial charge in [-0.2, -0.15) is 0 Å². The summed E-state index contributed by atoms with van der Waals surface area (Å²) in [5.74, 6) is 0. The minimum Gasteiger partial charge on any atom is -0.376 e. The summed E-state index contributed by atoms with van der Waals surface area (Å²) in [4.78, 5) is 0. The monoisotopic (exact) mass is 233 g/mol. The zero-order chi connectivity index (χ0) is 12.3. The maximum absolute atomic E-state index is 5.83. The van der Waals surface area contributed by atoms with Crippen LogP contribution < -0.4 is 5.32 Å². The number of aryl methyl sites for hydroxylation is 2. The molecule has 0 spiro atoms. The third kappa shape index (κ3) is 2.88. The highest BCUT2D eigenvalue weighted by molar-refractivity contribution is 5.32. The first-order chi connectivity index (χ1) is 8.22. The van der Waals surface area contributed by atoms with Gasteiger partial charge in [0.25, 0.3) is 0 Å². The second-order valence-corrected chi connectivity index (χ2v) is 4.93. The van der Waals surface area contributed by atoms with Crippen LogP contribution in [0.4, 0.5) is 0 Å². The summed E-state index contributed by atoms with van der Waals surface area (Å²) in [5.41, 5.74) is 4.08. The highest BCUT2D eigenvalue weighted by Gasteiger charge is 2.26. The second kappa shape index (κ2) is 5.65. The zero-order valence-electron chi connectivity index (χ0n) is 11.1. The van der Waals surface area contributed by atoms with E-state index in [9.17, 15) is 0 Å². The molecule has 2 rings (SSSR count). The van der Waals surface area contributed by atoms with Crippen molar-refractivity contribution in [3.63, 3.8) is 0 Å². The molecule has 0 saturated carbocycles. The molecular formula is C15H23NO. The summed E-state index contributed by atoms with van der Waals surface area (Å²) < 4.78 is 5.83. The van der Waals surface area contributed by atoms with Gasteiger partial charge in [0.1, 0.15) is 0 Å². The first kappa shape index (κ1) is 12.6.